The largest absolute Gasteiger partial charge is 0.349 e. The molecule has 23 heavy (non-hydrogen) atoms. The molecule has 1 aromatic carbocycles. The first-order chi connectivity index (χ1) is 11.0. The molecule has 0 fully saturated rings. The molecule has 0 aliphatic heterocycles. The lowest BCUT2D eigenvalue weighted by molar-refractivity contribution is -0.119. The average Bonchev–Trinajstić information content (AvgIpc) is 2.96. The summed E-state index contributed by atoms with van der Waals surface area (Å²) in [5.41, 5.74) is 3.64. The third-order valence-corrected chi connectivity index (χ3v) is 6.46. The van der Waals surface area contributed by atoms with Gasteiger partial charge in [-0.2, -0.15) is 0 Å². The number of aromatic nitrogens is 2. The van der Waals surface area contributed by atoms with Gasteiger partial charge in [0, 0.05) is 0 Å². The summed E-state index contributed by atoms with van der Waals surface area (Å²) in [5.74, 6) is 1.36. The van der Waals surface area contributed by atoms with E-state index in [2.05, 4.69) is 54.5 Å². The van der Waals surface area contributed by atoms with Gasteiger partial charge in [0.05, 0.1) is 11.8 Å². The quantitative estimate of drug-likeness (QED) is 0.742. The molecule has 0 radical (unpaired) electrons. The van der Waals surface area contributed by atoms with Crippen LogP contribution in [0, 0.1) is 13.8 Å². The van der Waals surface area contributed by atoms with Crippen molar-refractivity contribution in [3.63, 3.8) is 0 Å². The number of aryl methyl sites for hydroxylation is 2. The van der Waals surface area contributed by atoms with Crippen LogP contribution in [-0.2, 0) is 4.79 Å². The van der Waals surface area contributed by atoms with Crippen LogP contribution in [-0.4, -0.2) is 27.6 Å². The minimum atomic E-state index is 0.00280. The van der Waals surface area contributed by atoms with Crippen LogP contribution in [0.25, 0.3) is 0 Å². The Morgan fingerprint density at radius 2 is 1.91 bits per heavy atom. The second-order valence-electron chi connectivity index (χ2n) is 5.19. The maximum Gasteiger partial charge on any atom is 0.230 e. The summed E-state index contributed by atoms with van der Waals surface area (Å²) in [4.78, 5) is 12.1. The summed E-state index contributed by atoms with van der Waals surface area (Å²) in [5, 5.41) is 11.2. The number of hydrogen-bond acceptors (Lipinski definition) is 6. The molecule has 1 N–H and O–H groups in total. The number of carbonyl (C=O) groups is 1. The van der Waals surface area contributed by atoms with Crippen molar-refractivity contribution in [2.45, 2.75) is 42.4 Å². The lowest BCUT2D eigenvalue weighted by atomic mass is 10.0. The van der Waals surface area contributed by atoms with Crippen molar-refractivity contribution in [1.82, 2.24) is 15.5 Å². The van der Waals surface area contributed by atoms with Crippen LogP contribution in [0.3, 0.4) is 0 Å². The highest BCUT2D eigenvalue weighted by molar-refractivity contribution is 8.03. The molecule has 0 bridgehead atoms. The zero-order valence-corrected chi connectivity index (χ0v) is 16.2. The zero-order valence-electron chi connectivity index (χ0n) is 13.8. The Morgan fingerprint density at radius 3 is 2.57 bits per heavy atom. The second-order valence-corrected chi connectivity index (χ2v) is 8.90. The first kappa shape index (κ1) is 18.3. The van der Waals surface area contributed by atoms with Gasteiger partial charge in [-0.05, 0) is 43.2 Å². The Morgan fingerprint density at radius 1 is 1.22 bits per heavy atom. The van der Waals surface area contributed by atoms with Crippen LogP contribution in [0.15, 0.2) is 26.9 Å². The molecular weight excluding hydrogens is 346 g/mol. The normalized spacial score (nSPS) is 12.2. The summed E-state index contributed by atoms with van der Waals surface area (Å²) in [6.07, 6.45) is 0. The van der Waals surface area contributed by atoms with Crippen molar-refractivity contribution >= 4 is 40.8 Å². The van der Waals surface area contributed by atoms with Crippen molar-refractivity contribution < 1.29 is 4.79 Å². The van der Waals surface area contributed by atoms with E-state index in [1.807, 2.05) is 6.92 Å². The van der Waals surface area contributed by atoms with Gasteiger partial charge in [-0.1, -0.05) is 60.0 Å². The van der Waals surface area contributed by atoms with Crippen molar-refractivity contribution in [2.75, 3.05) is 11.5 Å². The van der Waals surface area contributed by atoms with Crippen LogP contribution >= 0.6 is 34.9 Å². The van der Waals surface area contributed by atoms with Gasteiger partial charge in [-0.25, -0.2) is 0 Å². The number of nitrogens with one attached hydrogen (secondary N) is 1. The van der Waals surface area contributed by atoms with Gasteiger partial charge in [-0.3, -0.25) is 4.79 Å². The molecule has 2 aromatic rings. The molecule has 2 rings (SSSR count). The van der Waals surface area contributed by atoms with Crippen LogP contribution in [0.2, 0.25) is 0 Å². The molecule has 0 saturated carbocycles. The highest BCUT2D eigenvalue weighted by atomic mass is 32.2. The minimum absolute atomic E-state index is 0.00280. The van der Waals surface area contributed by atoms with Gasteiger partial charge in [0.25, 0.3) is 0 Å². The van der Waals surface area contributed by atoms with Gasteiger partial charge in [0.2, 0.25) is 5.91 Å². The highest BCUT2D eigenvalue weighted by Crippen LogP contribution is 2.28. The van der Waals surface area contributed by atoms with Gasteiger partial charge in [0.1, 0.15) is 0 Å². The van der Waals surface area contributed by atoms with Crippen molar-refractivity contribution in [3.8, 4) is 0 Å². The van der Waals surface area contributed by atoms with Gasteiger partial charge in [0.15, 0.2) is 8.68 Å². The van der Waals surface area contributed by atoms with E-state index >= 15 is 0 Å². The van der Waals surface area contributed by atoms with E-state index in [4.69, 9.17) is 0 Å². The number of nitrogens with zero attached hydrogens (tertiary/aromatic N) is 2. The molecule has 0 aliphatic rings. The Bertz CT molecular complexity index is 672. The molecule has 1 atom stereocenters. The Hall–Kier alpha value is -1.05. The monoisotopic (exact) mass is 367 g/mol. The summed E-state index contributed by atoms with van der Waals surface area (Å²) in [7, 11) is 0. The molecule has 1 unspecified atom stereocenters. The average molecular weight is 368 g/mol. The maximum absolute atomic E-state index is 12.1. The fraction of sp³-hybridized carbons (Fsp3) is 0.438. The van der Waals surface area contributed by atoms with Gasteiger partial charge >= 0.3 is 0 Å². The predicted octanol–water partition coefficient (Wildman–Crippen LogP) is 4.24. The second kappa shape index (κ2) is 8.70. The lowest BCUT2D eigenvalue weighted by Crippen LogP contribution is -2.28. The van der Waals surface area contributed by atoms with Crippen LogP contribution in [0.1, 0.15) is 36.6 Å². The Kier molecular flexibility index (Phi) is 6.92. The fourth-order valence-electron chi connectivity index (χ4n) is 1.97. The third kappa shape index (κ3) is 5.51. The molecule has 0 aliphatic carbocycles. The molecule has 1 heterocycles. The van der Waals surface area contributed by atoms with E-state index in [9.17, 15) is 4.79 Å². The zero-order chi connectivity index (χ0) is 16.8. The number of thioether (sulfide) groups is 2. The topological polar surface area (TPSA) is 54.9 Å². The van der Waals surface area contributed by atoms with Gasteiger partial charge in [-0.15, -0.1) is 10.2 Å². The summed E-state index contributed by atoms with van der Waals surface area (Å²) < 4.78 is 1.80. The number of benzene rings is 1. The van der Waals surface area contributed by atoms with E-state index in [1.165, 1.54) is 22.9 Å². The van der Waals surface area contributed by atoms with E-state index in [-0.39, 0.29) is 11.9 Å². The smallest absolute Gasteiger partial charge is 0.230 e. The SMILES string of the molecule is CCSc1nnc(SCC(=O)NC(C)c2ccc(C)c(C)c2)s1. The summed E-state index contributed by atoms with van der Waals surface area (Å²) >= 11 is 4.65. The molecule has 4 nitrogen and oxygen atoms in total. The van der Waals surface area contributed by atoms with Crippen molar-refractivity contribution in [2.24, 2.45) is 0 Å². The third-order valence-electron chi connectivity index (χ3n) is 3.39. The number of amides is 1. The van der Waals surface area contributed by atoms with Gasteiger partial charge < -0.3 is 5.32 Å². The fourth-order valence-corrected chi connectivity index (χ4v) is 4.69. The molecular formula is C16H21N3OS3. The maximum atomic E-state index is 12.1. The lowest BCUT2D eigenvalue weighted by Gasteiger charge is -2.15. The number of rotatable bonds is 7. The summed E-state index contributed by atoms with van der Waals surface area (Å²) in [6, 6.07) is 6.30. The van der Waals surface area contributed by atoms with E-state index in [0.717, 1.165) is 20.0 Å². The Balaban J connectivity index is 1.84. The van der Waals surface area contributed by atoms with Crippen LogP contribution in [0.5, 0.6) is 0 Å². The first-order valence-corrected chi connectivity index (χ1v) is 10.2. The molecule has 0 saturated heterocycles. The molecule has 0 spiro atoms. The number of carbonyl (C=O) groups excluding carboxylic acids is 1. The van der Waals surface area contributed by atoms with E-state index < -0.39 is 0 Å². The van der Waals surface area contributed by atoms with Crippen molar-refractivity contribution in [1.29, 1.82) is 0 Å². The molecule has 7 heteroatoms. The first-order valence-electron chi connectivity index (χ1n) is 7.45. The number of hydrogen-bond donors (Lipinski definition) is 1. The standard InChI is InChI=1S/C16H21N3OS3/c1-5-21-15-18-19-16(23-15)22-9-14(20)17-12(4)13-7-6-10(2)11(3)8-13/h6-8,12H,5,9H2,1-4H3,(H,17,20). The molecule has 124 valence electrons. The Labute approximate surface area is 149 Å². The van der Waals surface area contributed by atoms with Crippen molar-refractivity contribution in [3.05, 3.63) is 34.9 Å². The van der Waals surface area contributed by atoms with E-state index in [0.29, 0.717) is 5.75 Å². The highest BCUT2D eigenvalue weighted by Gasteiger charge is 2.12. The molecule has 1 amide bonds. The van der Waals surface area contributed by atoms with E-state index in [1.54, 1.807) is 23.1 Å². The van der Waals surface area contributed by atoms with Crippen LogP contribution in [0.4, 0.5) is 0 Å². The summed E-state index contributed by atoms with van der Waals surface area (Å²) in [6.45, 7) is 8.27. The molecule has 1 aromatic heterocycles. The van der Waals surface area contributed by atoms with Crippen LogP contribution < -0.4 is 5.32 Å². The predicted molar refractivity (Wildman–Crippen MR) is 99.5 cm³/mol. The minimum Gasteiger partial charge on any atom is -0.349 e.